The van der Waals surface area contributed by atoms with Crippen molar-refractivity contribution in [3.63, 3.8) is 0 Å². The Hall–Kier alpha value is -2.06. The number of nitrogens with zero attached hydrogens (tertiary/aromatic N) is 1. The molecule has 0 bridgehead atoms. The summed E-state index contributed by atoms with van der Waals surface area (Å²) in [6.07, 6.45) is 1.15. The summed E-state index contributed by atoms with van der Waals surface area (Å²) in [5, 5.41) is 8.77. The van der Waals surface area contributed by atoms with Gasteiger partial charge in [-0.15, -0.1) is 0 Å². The lowest BCUT2D eigenvalue weighted by Gasteiger charge is -2.06. The van der Waals surface area contributed by atoms with Gasteiger partial charge in [0.1, 0.15) is 16.4 Å². The molecule has 112 valence electrons. The SMILES string of the molecule is Cn1cc(S(=O)(=O)Nc2ccc(Cl)c(F)c2)cc1C(=O)O. The molecule has 1 heterocycles. The maximum absolute atomic E-state index is 13.3. The van der Waals surface area contributed by atoms with Crippen LogP contribution in [0.5, 0.6) is 0 Å². The number of carbonyl (C=O) groups is 1. The Morgan fingerprint density at radius 3 is 2.57 bits per heavy atom. The molecule has 0 aliphatic carbocycles. The number of hydrogen-bond donors (Lipinski definition) is 2. The van der Waals surface area contributed by atoms with Gasteiger partial charge in [-0.2, -0.15) is 0 Å². The molecule has 0 fully saturated rings. The van der Waals surface area contributed by atoms with E-state index in [1.807, 2.05) is 0 Å². The van der Waals surface area contributed by atoms with Gasteiger partial charge in [0, 0.05) is 13.2 Å². The first-order valence-corrected chi connectivity index (χ1v) is 7.44. The lowest BCUT2D eigenvalue weighted by atomic mass is 10.3. The summed E-state index contributed by atoms with van der Waals surface area (Å²) in [6, 6.07) is 4.45. The molecule has 9 heteroatoms. The van der Waals surface area contributed by atoms with Gasteiger partial charge in [-0.3, -0.25) is 4.72 Å². The first-order valence-electron chi connectivity index (χ1n) is 5.58. The normalized spacial score (nSPS) is 11.4. The maximum Gasteiger partial charge on any atom is 0.352 e. The fourth-order valence-corrected chi connectivity index (χ4v) is 2.90. The fourth-order valence-electron chi connectivity index (χ4n) is 1.67. The molecule has 1 aromatic carbocycles. The standard InChI is InChI=1S/C12H10ClFN2O4S/c1-16-6-8(5-11(16)12(17)18)21(19,20)15-7-2-3-9(13)10(14)4-7/h2-6,15H,1H3,(H,17,18). The number of anilines is 1. The number of halogens is 2. The zero-order valence-electron chi connectivity index (χ0n) is 10.7. The molecule has 2 rings (SSSR count). The van der Waals surface area contributed by atoms with Crippen LogP contribution >= 0.6 is 11.6 Å². The van der Waals surface area contributed by atoms with Crippen molar-refractivity contribution >= 4 is 33.3 Å². The fraction of sp³-hybridized carbons (Fsp3) is 0.0833. The molecule has 0 aliphatic heterocycles. The molecular formula is C12H10ClFN2O4S. The van der Waals surface area contributed by atoms with E-state index in [0.717, 1.165) is 18.3 Å². The molecule has 6 nitrogen and oxygen atoms in total. The quantitative estimate of drug-likeness (QED) is 0.899. The number of rotatable bonds is 4. The Bertz CT molecular complexity index is 817. The summed E-state index contributed by atoms with van der Waals surface area (Å²) in [5.41, 5.74) is -0.199. The molecule has 2 N–H and O–H groups in total. The third-order valence-corrected chi connectivity index (χ3v) is 4.34. The smallest absolute Gasteiger partial charge is 0.352 e. The molecule has 0 saturated heterocycles. The Morgan fingerprint density at radius 1 is 1.38 bits per heavy atom. The topological polar surface area (TPSA) is 88.4 Å². The number of nitrogens with one attached hydrogen (secondary N) is 1. The second kappa shape index (κ2) is 5.38. The highest BCUT2D eigenvalue weighted by atomic mass is 35.5. The van der Waals surface area contributed by atoms with Crippen LogP contribution in [-0.4, -0.2) is 24.1 Å². The van der Waals surface area contributed by atoms with Crippen LogP contribution in [0, 0.1) is 5.82 Å². The first kappa shape index (κ1) is 15.3. The van der Waals surface area contributed by atoms with E-state index < -0.39 is 21.8 Å². The van der Waals surface area contributed by atoms with Crippen molar-refractivity contribution < 1.29 is 22.7 Å². The van der Waals surface area contributed by atoms with Crippen molar-refractivity contribution in [1.29, 1.82) is 0 Å². The van der Waals surface area contributed by atoms with Crippen LogP contribution in [0.4, 0.5) is 10.1 Å². The molecule has 1 aromatic heterocycles. The number of sulfonamides is 1. The summed E-state index contributed by atoms with van der Waals surface area (Å²) in [6.45, 7) is 0. The molecule has 0 unspecified atom stereocenters. The Labute approximate surface area is 124 Å². The monoisotopic (exact) mass is 332 g/mol. The number of aryl methyl sites for hydroxylation is 1. The largest absolute Gasteiger partial charge is 0.477 e. The van der Waals surface area contributed by atoms with Crippen LogP contribution in [0.25, 0.3) is 0 Å². The van der Waals surface area contributed by atoms with E-state index in [-0.39, 0.29) is 21.3 Å². The molecular weight excluding hydrogens is 323 g/mol. The second-order valence-electron chi connectivity index (χ2n) is 4.21. The van der Waals surface area contributed by atoms with Crippen molar-refractivity contribution in [1.82, 2.24) is 4.57 Å². The number of aromatic carboxylic acids is 1. The van der Waals surface area contributed by atoms with Crippen LogP contribution in [0.1, 0.15) is 10.5 Å². The number of carboxylic acid groups (broad SMARTS) is 1. The average Bonchev–Trinajstić information content (AvgIpc) is 2.77. The van der Waals surface area contributed by atoms with Crippen molar-refractivity contribution in [3.8, 4) is 0 Å². The number of aromatic nitrogens is 1. The molecule has 21 heavy (non-hydrogen) atoms. The van der Waals surface area contributed by atoms with Crippen molar-refractivity contribution in [2.45, 2.75) is 4.90 Å². The average molecular weight is 333 g/mol. The number of carboxylic acids is 1. The summed E-state index contributed by atoms with van der Waals surface area (Å²) in [7, 11) is -2.61. The predicted octanol–water partition coefficient (Wildman–Crippen LogP) is 2.32. The van der Waals surface area contributed by atoms with E-state index in [4.69, 9.17) is 16.7 Å². The van der Waals surface area contributed by atoms with Crippen LogP contribution < -0.4 is 4.72 Å². The van der Waals surface area contributed by atoms with E-state index in [0.29, 0.717) is 0 Å². The van der Waals surface area contributed by atoms with E-state index >= 15 is 0 Å². The van der Waals surface area contributed by atoms with Gasteiger partial charge in [0.05, 0.1) is 10.7 Å². The van der Waals surface area contributed by atoms with Crippen LogP contribution in [0.3, 0.4) is 0 Å². The van der Waals surface area contributed by atoms with Gasteiger partial charge in [-0.05, 0) is 24.3 Å². The minimum Gasteiger partial charge on any atom is -0.477 e. The lowest BCUT2D eigenvalue weighted by molar-refractivity contribution is 0.0686. The number of hydrogen-bond acceptors (Lipinski definition) is 3. The van der Waals surface area contributed by atoms with E-state index in [1.165, 1.54) is 23.7 Å². The van der Waals surface area contributed by atoms with Crippen LogP contribution in [0.15, 0.2) is 35.4 Å². The molecule has 0 amide bonds. The molecule has 0 aliphatic rings. The zero-order valence-corrected chi connectivity index (χ0v) is 12.2. The van der Waals surface area contributed by atoms with Crippen LogP contribution in [-0.2, 0) is 17.1 Å². The highest BCUT2D eigenvalue weighted by Crippen LogP contribution is 2.22. The lowest BCUT2D eigenvalue weighted by Crippen LogP contribution is -2.12. The predicted molar refractivity (Wildman–Crippen MR) is 74.6 cm³/mol. The minimum absolute atomic E-state index is 0.0161. The highest BCUT2D eigenvalue weighted by molar-refractivity contribution is 7.92. The number of benzene rings is 1. The van der Waals surface area contributed by atoms with E-state index in [1.54, 1.807) is 0 Å². The molecule has 0 atom stereocenters. The van der Waals surface area contributed by atoms with Crippen LogP contribution in [0.2, 0.25) is 5.02 Å². The van der Waals surface area contributed by atoms with Gasteiger partial charge in [0.25, 0.3) is 10.0 Å². The third-order valence-electron chi connectivity index (χ3n) is 2.68. The summed E-state index contributed by atoms with van der Waals surface area (Å²) in [4.78, 5) is 10.7. The Kier molecular flexibility index (Phi) is 3.93. The first-order chi connectivity index (χ1) is 9.70. The maximum atomic E-state index is 13.3. The van der Waals surface area contributed by atoms with Gasteiger partial charge < -0.3 is 9.67 Å². The molecule has 0 radical (unpaired) electrons. The zero-order chi connectivity index (χ0) is 15.8. The Balaban J connectivity index is 2.36. The molecule has 0 spiro atoms. The summed E-state index contributed by atoms with van der Waals surface area (Å²) >= 11 is 5.51. The Morgan fingerprint density at radius 2 is 2.05 bits per heavy atom. The van der Waals surface area contributed by atoms with Gasteiger partial charge in [-0.25, -0.2) is 17.6 Å². The van der Waals surface area contributed by atoms with Crippen molar-refractivity contribution in [2.24, 2.45) is 7.05 Å². The third kappa shape index (κ3) is 3.17. The molecule has 2 aromatic rings. The van der Waals surface area contributed by atoms with Crippen molar-refractivity contribution in [2.75, 3.05) is 4.72 Å². The van der Waals surface area contributed by atoms with E-state index in [2.05, 4.69) is 4.72 Å². The molecule has 0 saturated carbocycles. The minimum atomic E-state index is -4.02. The van der Waals surface area contributed by atoms with E-state index in [9.17, 15) is 17.6 Å². The van der Waals surface area contributed by atoms with Crippen molar-refractivity contribution in [3.05, 3.63) is 47.0 Å². The van der Waals surface area contributed by atoms with Gasteiger partial charge in [0.15, 0.2) is 0 Å². The van der Waals surface area contributed by atoms with Gasteiger partial charge >= 0.3 is 5.97 Å². The summed E-state index contributed by atoms with van der Waals surface area (Å²) < 4.78 is 40.8. The van der Waals surface area contributed by atoms with Gasteiger partial charge in [-0.1, -0.05) is 11.6 Å². The van der Waals surface area contributed by atoms with Gasteiger partial charge in [0.2, 0.25) is 0 Å². The summed E-state index contributed by atoms with van der Waals surface area (Å²) in [5.74, 6) is -2.02. The highest BCUT2D eigenvalue weighted by Gasteiger charge is 2.20. The second-order valence-corrected chi connectivity index (χ2v) is 6.30.